The first kappa shape index (κ1) is 17.4. The molecule has 25 heavy (non-hydrogen) atoms. The van der Waals surface area contributed by atoms with Crippen LogP contribution in [0, 0.1) is 5.82 Å². The molecular formula is C18H25FN6. The molecule has 2 heterocycles. The van der Waals surface area contributed by atoms with E-state index in [1.807, 2.05) is 19.1 Å². The number of nitrogens with one attached hydrogen (secondary N) is 2. The van der Waals surface area contributed by atoms with Crippen molar-refractivity contribution >= 4 is 5.96 Å². The molecule has 7 heteroatoms. The summed E-state index contributed by atoms with van der Waals surface area (Å²) < 4.78 is 15.8. The van der Waals surface area contributed by atoms with E-state index in [1.165, 1.54) is 18.9 Å². The van der Waals surface area contributed by atoms with Gasteiger partial charge < -0.3 is 15.2 Å². The molecule has 6 nitrogen and oxygen atoms in total. The summed E-state index contributed by atoms with van der Waals surface area (Å²) in [5.74, 6) is 2.52. The molecule has 0 saturated heterocycles. The van der Waals surface area contributed by atoms with Crippen molar-refractivity contribution in [2.75, 3.05) is 13.1 Å². The van der Waals surface area contributed by atoms with Crippen LogP contribution in [0.3, 0.4) is 0 Å². The smallest absolute Gasteiger partial charge is 0.191 e. The van der Waals surface area contributed by atoms with Crippen molar-refractivity contribution in [2.45, 2.75) is 45.7 Å². The molecular weight excluding hydrogens is 319 g/mol. The molecule has 0 amide bonds. The summed E-state index contributed by atoms with van der Waals surface area (Å²) in [7, 11) is 0. The second kappa shape index (κ2) is 8.60. The van der Waals surface area contributed by atoms with Crippen molar-refractivity contribution in [1.82, 2.24) is 25.4 Å². The second-order valence-electron chi connectivity index (χ2n) is 6.10. The van der Waals surface area contributed by atoms with Crippen LogP contribution in [0.25, 0.3) is 0 Å². The summed E-state index contributed by atoms with van der Waals surface area (Å²) in [5.41, 5.74) is 0.706. The SMILES string of the molecule is CCNC(=NCc1nnc2n1CCCC2)NCCc1ccccc1F. The molecule has 1 aromatic carbocycles. The average Bonchev–Trinajstić information content (AvgIpc) is 3.04. The van der Waals surface area contributed by atoms with Gasteiger partial charge in [0.1, 0.15) is 18.2 Å². The van der Waals surface area contributed by atoms with Crippen molar-refractivity contribution < 1.29 is 4.39 Å². The Balaban J connectivity index is 1.58. The minimum atomic E-state index is -0.165. The van der Waals surface area contributed by atoms with Gasteiger partial charge in [-0.05, 0) is 37.8 Å². The molecule has 0 aliphatic carbocycles. The monoisotopic (exact) mass is 344 g/mol. The number of aromatic nitrogens is 3. The minimum absolute atomic E-state index is 0.165. The average molecular weight is 344 g/mol. The first-order valence-corrected chi connectivity index (χ1v) is 8.94. The van der Waals surface area contributed by atoms with E-state index in [4.69, 9.17) is 0 Å². The van der Waals surface area contributed by atoms with E-state index in [9.17, 15) is 4.39 Å². The van der Waals surface area contributed by atoms with Crippen LogP contribution in [0.1, 0.15) is 37.0 Å². The molecule has 0 radical (unpaired) electrons. The fraction of sp³-hybridized carbons (Fsp3) is 0.500. The minimum Gasteiger partial charge on any atom is -0.357 e. The molecule has 1 aromatic heterocycles. The number of fused-ring (bicyclic) bond motifs is 1. The van der Waals surface area contributed by atoms with Crippen LogP contribution in [0.15, 0.2) is 29.3 Å². The predicted molar refractivity (Wildman–Crippen MR) is 95.9 cm³/mol. The number of benzene rings is 1. The molecule has 0 spiro atoms. The molecule has 134 valence electrons. The van der Waals surface area contributed by atoms with Gasteiger partial charge in [0.25, 0.3) is 0 Å². The molecule has 2 aromatic rings. The van der Waals surface area contributed by atoms with Gasteiger partial charge in [0, 0.05) is 26.1 Å². The molecule has 0 unspecified atom stereocenters. The Morgan fingerprint density at radius 3 is 2.96 bits per heavy atom. The number of guanidine groups is 1. The van der Waals surface area contributed by atoms with Gasteiger partial charge >= 0.3 is 0 Å². The number of rotatable bonds is 6. The Labute approximate surface area is 147 Å². The Hall–Kier alpha value is -2.44. The molecule has 0 fully saturated rings. The van der Waals surface area contributed by atoms with Gasteiger partial charge in [-0.2, -0.15) is 0 Å². The molecule has 0 atom stereocenters. The van der Waals surface area contributed by atoms with Gasteiger partial charge in [0.15, 0.2) is 11.8 Å². The van der Waals surface area contributed by atoms with Gasteiger partial charge in [-0.15, -0.1) is 10.2 Å². The molecule has 3 rings (SSSR count). The largest absolute Gasteiger partial charge is 0.357 e. The third-order valence-electron chi connectivity index (χ3n) is 4.30. The van der Waals surface area contributed by atoms with Crippen molar-refractivity contribution in [3.05, 3.63) is 47.3 Å². The van der Waals surface area contributed by atoms with Crippen LogP contribution in [0.2, 0.25) is 0 Å². The highest BCUT2D eigenvalue weighted by Crippen LogP contribution is 2.14. The highest BCUT2D eigenvalue weighted by atomic mass is 19.1. The number of hydrogen-bond acceptors (Lipinski definition) is 3. The highest BCUT2D eigenvalue weighted by molar-refractivity contribution is 5.79. The summed E-state index contributed by atoms with van der Waals surface area (Å²) in [4.78, 5) is 4.59. The standard InChI is InChI=1S/C18H25FN6/c1-2-20-18(21-11-10-14-7-3-4-8-15(14)19)22-13-17-24-23-16-9-5-6-12-25(16)17/h3-4,7-8H,2,5-6,9-13H2,1H3,(H2,20,21,22). The third-order valence-corrected chi connectivity index (χ3v) is 4.30. The summed E-state index contributed by atoms with van der Waals surface area (Å²) >= 11 is 0. The summed E-state index contributed by atoms with van der Waals surface area (Å²) in [6, 6.07) is 6.86. The van der Waals surface area contributed by atoms with E-state index in [0.717, 1.165) is 31.2 Å². The van der Waals surface area contributed by atoms with E-state index in [2.05, 4.69) is 30.4 Å². The fourth-order valence-electron chi connectivity index (χ4n) is 2.99. The van der Waals surface area contributed by atoms with Crippen molar-refractivity contribution in [3.8, 4) is 0 Å². The van der Waals surface area contributed by atoms with E-state index in [0.29, 0.717) is 31.0 Å². The summed E-state index contributed by atoms with van der Waals surface area (Å²) in [6.07, 6.45) is 3.96. The Bertz CT molecular complexity index is 724. The lowest BCUT2D eigenvalue weighted by atomic mass is 10.1. The van der Waals surface area contributed by atoms with Gasteiger partial charge in [0.05, 0.1) is 0 Å². The van der Waals surface area contributed by atoms with Crippen LogP contribution in [0.4, 0.5) is 4.39 Å². The van der Waals surface area contributed by atoms with E-state index >= 15 is 0 Å². The molecule has 1 aliphatic rings. The Morgan fingerprint density at radius 2 is 2.12 bits per heavy atom. The van der Waals surface area contributed by atoms with Gasteiger partial charge in [-0.1, -0.05) is 18.2 Å². The number of nitrogens with zero attached hydrogens (tertiary/aromatic N) is 4. The summed E-state index contributed by atoms with van der Waals surface area (Å²) in [6.45, 7) is 4.87. The maximum atomic E-state index is 13.7. The summed E-state index contributed by atoms with van der Waals surface area (Å²) in [5, 5.41) is 15.0. The number of halogens is 1. The lowest BCUT2D eigenvalue weighted by Gasteiger charge is -2.14. The normalized spacial score (nSPS) is 14.2. The number of aryl methyl sites for hydroxylation is 1. The van der Waals surface area contributed by atoms with Crippen LogP contribution in [0.5, 0.6) is 0 Å². The lowest BCUT2D eigenvalue weighted by molar-refractivity contribution is 0.508. The molecule has 2 N–H and O–H groups in total. The topological polar surface area (TPSA) is 67.1 Å². The first-order valence-electron chi connectivity index (χ1n) is 8.94. The zero-order valence-corrected chi connectivity index (χ0v) is 14.6. The zero-order valence-electron chi connectivity index (χ0n) is 14.6. The molecule has 0 bridgehead atoms. The van der Waals surface area contributed by atoms with Crippen molar-refractivity contribution in [1.29, 1.82) is 0 Å². The van der Waals surface area contributed by atoms with Crippen LogP contribution in [-0.4, -0.2) is 33.8 Å². The quantitative estimate of drug-likeness (QED) is 0.622. The third kappa shape index (κ3) is 4.55. The number of aliphatic imine (C=N–C) groups is 1. The Morgan fingerprint density at radius 1 is 1.24 bits per heavy atom. The zero-order chi connectivity index (χ0) is 17.5. The molecule has 0 saturated carbocycles. The fourth-order valence-corrected chi connectivity index (χ4v) is 2.99. The van der Waals surface area contributed by atoms with Gasteiger partial charge in [-0.25, -0.2) is 9.38 Å². The maximum Gasteiger partial charge on any atom is 0.191 e. The second-order valence-corrected chi connectivity index (χ2v) is 6.10. The number of hydrogen-bond donors (Lipinski definition) is 2. The Kier molecular flexibility index (Phi) is 5.98. The van der Waals surface area contributed by atoms with Crippen LogP contribution < -0.4 is 10.6 Å². The van der Waals surface area contributed by atoms with Crippen molar-refractivity contribution in [2.24, 2.45) is 4.99 Å². The van der Waals surface area contributed by atoms with Crippen LogP contribution in [-0.2, 0) is 25.9 Å². The van der Waals surface area contributed by atoms with Crippen LogP contribution >= 0.6 is 0 Å². The molecule has 1 aliphatic heterocycles. The van der Waals surface area contributed by atoms with E-state index < -0.39 is 0 Å². The first-order chi connectivity index (χ1) is 12.3. The van der Waals surface area contributed by atoms with Gasteiger partial charge in [0.2, 0.25) is 0 Å². The van der Waals surface area contributed by atoms with E-state index in [-0.39, 0.29) is 5.82 Å². The highest BCUT2D eigenvalue weighted by Gasteiger charge is 2.15. The van der Waals surface area contributed by atoms with Gasteiger partial charge in [-0.3, -0.25) is 0 Å². The van der Waals surface area contributed by atoms with Crippen molar-refractivity contribution in [3.63, 3.8) is 0 Å². The lowest BCUT2D eigenvalue weighted by Crippen LogP contribution is -2.38. The maximum absolute atomic E-state index is 13.7. The predicted octanol–water partition coefficient (Wildman–Crippen LogP) is 2.05. The van der Waals surface area contributed by atoms with E-state index in [1.54, 1.807) is 6.07 Å².